The van der Waals surface area contributed by atoms with Gasteiger partial charge in [0.05, 0.1) is 0 Å². The molecule has 0 unspecified atom stereocenters. The largest absolute Gasteiger partial charge is 0.483 e. The van der Waals surface area contributed by atoms with Crippen molar-refractivity contribution in [3.63, 3.8) is 0 Å². The number of aryl methyl sites for hydroxylation is 2. The molecule has 2 N–H and O–H groups in total. The van der Waals surface area contributed by atoms with Gasteiger partial charge in [-0.3, -0.25) is 4.79 Å². The van der Waals surface area contributed by atoms with E-state index in [0.29, 0.717) is 5.75 Å². The summed E-state index contributed by atoms with van der Waals surface area (Å²) < 4.78 is 10.7. The molecule has 2 aromatic carbocycles. The van der Waals surface area contributed by atoms with Gasteiger partial charge in [-0.2, -0.15) is 0 Å². The molecule has 2 aromatic rings. The molecule has 0 aromatic heterocycles. The van der Waals surface area contributed by atoms with Gasteiger partial charge in [-0.25, -0.2) is 4.79 Å². The van der Waals surface area contributed by atoms with Crippen molar-refractivity contribution in [2.75, 3.05) is 19.7 Å². The number of hydrogen-bond donors (Lipinski definition) is 2. The predicted molar refractivity (Wildman–Crippen MR) is 99.6 cm³/mol. The maximum absolute atomic E-state index is 11.9. The number of para-hydroxylation sites is 1. The summed E-state index contributed by atoms with van der Waals surface area (Å²) in [5.41, 5.74) is 3.14. The van der Waals surface area contributed by atoms with E-state index in [1.165, 1.54) is 0 Å². The normalized spacial score (nSPS) is 10.1. The number of carbonyl (C=O) groups is 2. The Balaban J connectivity index is 1.66. The number of benzene rings is 2. The molecule has 0 radical (unpaired) electrons. The van der Waals surface area contributed by atoms with Crippen molar-refractivity contribution in [2.24, 2.45) is 0 Å². The molecule has 2 amide bonds. The summed E-state index contributed by atoms with van der Waals surface area (Å²) in [6.45, 7) is 6.40. The Hall–Kier alpha value is -3.02. The minimum Gasteiger partial charge on any atom is -0.483 e. The Kier molecular flexibility index (Phi) is 7.02. The third-order valence-electron chi connectivity index (χ3n) is 3.89. The topological polar surface area (TPSA) is 76.7 Å². The molecule has 0 fully saturated rings. The average molecular weight is 356 g/mol. The van der Waals surface area contributed by atoms with E-state index < -0.39 is 6.09 Å². The van der Waals surface area contributed by atoms with Gasteiger partial charge < -0.3 is 20.1 Å². The number of hydrogen-bond acceptors (Lipinski definition) is 4. The van der Waals surface area contributed by atoms with Crippen LogP contribution in [0.4, 0.5) is 4.79 Å². The summed E-state index contributed by atoms with van der Waals surface area (Å²) in [5, 5.41) is 5.26. The van der Waals surface area contributed by atoms with Crippen LogP contribution in [0.1, 0.15) is 16.7 Å². The number of ether oxygens (including phenoxy) is 2. The maximum atomic E-state index is 11.9. The lowest BCUT2D eigenvalue weighted by atomic mass is 10.1. The first-order valence-corrected chi connectivity index (χ1v) is 8.44. The Bertz CT molecular complexity index is 760. The molecule has 0 heterocycles. The Morgan fingerprint density at radius 2 is 1.54 bits per heavy atom. The van der Waals surface area contributed by atoms with Gasteiger partial charge in [-0.15, -0.1) is 0 Å². The van der Waals surface area contributed by atoms with Crippen LogP contribution in [0.3, 0.4) is 0 Å². The second-order valence-corrected chi connectivity index (χ2v) is 5.92. The first kappa shape index (κ1) is 19.3. The summed E-state index contributed by atoms with van der Waals surface area (Å²) in [4.78, 5) is 23.5. The summed E-state index contributed by atoms with van der Waals surface area (Å²) >= 11 is 0. The van der Waals surface area contributed by atoms with Crippen molar-refractivity contribution >= 4 is 12.0 Å². The van der Waals surface area contributed by atoms with Crippen molar-refractivity contribution < 1.29 is 19.1 Å². The van der Waals surface area contributed by atoms with Crippen molar-refractivity contribution in [2.45, 2.75) is 20.8 Å². The highest BCUT2D eigenvalue weighted by Crippen LogP contribution is 2.25. The summed E-state index contributed by atoms with van der Waals surface area (Å²) in [6, 6.07) is 12.8. The van der Waals surface area contributed by atoms with Crippen LogP contribution in [0, 0.1) is 20.8 Å². The van der Waals surface area contributed by atoms with E-state index in [9.17, 15) is 9.59 Å². The number of rotatable bonds is 7. The smallest absolute Gasteiger partial charge is 0.412 e. The predicted octanol–water partition coefficient (Wildman–Crippen LogP) is 2.90. The van der Waals surface area contributed by atoms with Gasteiger partial charge in [0.15, 0.2) is 6.61 Å². The zero-order valence-corrected chi connectivity index (χ0v) is 15.3. The van der Waals surface area contributed by atoms with Gasteiger partial charge in [0, 0.05) is 13.1 Å². The quantitative estimate of drug-likeness (QED) is 0.748. The lowest BCUT2D eigenvalue weighted by Gasteiger charge is -2.14. The fraction of sp³-hybridized carbons (Fsp3) is 0.300. The van der Waals surface area contributed by atoms with Gasteiger partial charge in [-0.1, -0.05) is 30.3 Å². The van der Waals surface area contributed by atoms with Gasteiger partial charge in [-0.05, 0) is 49.6 Å². The molecule has 0 aliphatic rings. The van der Waals surface area contributed by atoms with Crippen molar-refractivity contribution in [1.82, 2.24) is 10.6 Å². The van der Waals surface area contributed by atoms with Crippen LogP contribution < -0.4 is 20.1 Å². The summed E-state index contributed by atoms with van der Waals surface area (Å²) in [6.07, 6.45) is -0.562. The third kappa shape index (κ3) is 5.81. The zero-order chi connectivity index (χ0) is 18.9. The molecule has 26 heavy (non-hydrogen) atoms. The molecule has 6 heteroatoms. The molecule has 0 saturated heterocycles. The molecule has 6 nitrogen and oxygen atoms in total. The summed E-state index contributed by atoms with van der Waals surface area (Å²) in [5.74, 6) is 0.958. The Morgan fingerprint density at radius 3 is 2.27 bits per heavy atom. The molecule has 0 bridgehead atoms. The van der Waals surface area contributed by atoms with E-state index >= 15 is 0 Å². The Labute approximate surface area is 153 Å². The average Bonchev–Trinajstić information content (AvgIpc) is 2.63. The van der Waals surface area contributed by atoms with Crippen LogP contribution in [-0.4, -0.2) is 31.7 Å². The molecule has 0 aliphatic heterocycles. The first-order chi connectivity index (χ1) is 12.5. The van der Waals surface area contributed by atoms with Gasteiger partial charge in [0.2, 0.25) is 0 Å². The van der Waals surface area contributed by atoms with Crippen LogP contribution in [-0.2, 0) is 4.79 Å². The molecule has 0 saturated carbocycles. The fourth-order valence-electron chi connectivity index (χ4n) is 2.33. The van der Waals surface area contributed by atoms with E-state index in [2.05, 4.69) is 10.6 Å². The van der Waals surface area contributed by atoms with Crippen molar-refractivity contribution in [3.8, 4) is 11.5 Å². The van der Waals surface area contributed by atoms with E-state index in [4.69, 9.17) is 9.47 Å². The van der Waals surface area contributed by atoms with Crippen molar-refractivity contribution in [3.05, 3.63) is 59.2 Å². The monoisotopic (exact) mass is 356 g/mol. The standard InChI is InChI=1S/C20H24N2O4/c1-14-9-10-15(2)19(16(14)3)25-13-18(23)21-11-12-22-20(24)26-17-7-5-4-6-8-17/h4-10H,11-13H2,1-3H3,(H,21,23)(H,22,24). The molecular weight excluding hydrogens is 332 g/mol. The van der Waals surface area contributed by atoms with Crippen molar-refractivity contribution in [1.29, 1.82) is 0 Å². The van der Waals surface area contributed by atoms with E-state index in [1.807, 2.05) is 39.0 Å². The Morgan fingerprint density at radius 1 is 0.885 bits per heavy atom. The first-order valence-electron chi connectivity index (χ1n) is 8.44. The maximum Gasteiger partial charge on any atom is 0.412 e. The van der Waals surface area contributed by atoms with Crippen LogP contribution in [0.5, 0.6) is 11.5 Å². The van der Waals surface area contributed by atoms with Gasteiger partial charge >= 0.3 is 6.09 Å². The van der Waals surface area contributed by atoms with E-state index in [1.54, 1.807) is 24.3 Å². The second kappa shape index (κ2) is 9.46. The SMILES string of the molecule is Cc1ccc(C)c(OCC(=O)NCCNC(=O)Oc2ccccc2)c1C. The minimum atomic E-state index is -0.562. The highest BCUT2D eigenvalue weighted by atomic mass is 16.6. The van der Waals surface area contributed by atoms with Crippen LogP contribution in [0.2, 0.25) is 0 Å². The lowest BCUT2D eigenvalue weighted by molar-refractivity contribution is -0.123. The number of amides is 2. The molecular formula is C20H24N2O4. The molecule has 138 valence electrons. The van der Waals surface area contributed by atoms with Crippen LogP contribution in [0.15, 0.2) is 42.5 Å². The number of nitrogens with one attached hydrogen (secondary N) is 2. The minimum absolute atomic E-state index is 0.0698. The number of carbonyl (C=O) groups excluding carboxylic acids is 2. The fourth-order valence-corrected chi connectivity index (χ4v) is 2.33. The molecule has 0 atom stereocenters. The van der Waals surface area contributed by atoms with E-state index in [-0.39, 0.29) is 25.6 Å². The highest BCUT2D eigenvalue weighted by Gasteiger charge is 2.09. The molecule has 0 aliphatic carbocycles. The zero-order valence-electron chi connectivity index (χ0n) is 15.3. The second-order valence-electron chi connectivity index (χ2n) is 5.92. The van der Waals surface area contributed by atoms with Gasteiger partial charge in [0.25, 0.3) is 5.91 Å². The highest BCUT2D eigenvalue weighted by molar-refractivity contribution is 5.77. The van der Waals surface area contributed by atoms with Crippen LogP contribution >= 0.6 is 0 Å². The molecule has 2 rings (SSSR count). The third-order valence-corrected chi connectivity index (χ3v) is 3.89. The van der Waals surface area contributed by atoms with E-state index in [0.717, 1.165) is 22.4 Å². The molecule has 0 spiro atoms. The van der Waals surface area contributed by atoms with Crippen LogP contribution in [0.25, 0.3) is 0 Å². The van der Waals surface area contributed by atoms with Gasteiger partial charge in [0.1, 0.15) is 11.5 Å². The lowest BCUT2D eigenvalue weighted by Crippen LogP contribution is -2.37. The summed E-state index contributed by atoms with van der Waals surface area (Å²) in [7, 11) is 0.